The molecule has 2 aromatic rings. The molecule has 0 spiro atoms. The molecular formula is C13H17N5O2. The van der Waals surface area contributed by atoms with Gasteiger partial charge in [0, 0.05) is 0 Å². The van der Waals surface area contributed by atoms with Gasteiger partial charge in [0.25, 0.3) is 5.91 Å². The van der Waals surface area contributed by atoms with Crippen molar-refractivity contribution in [2.75, 3.05) is 6.61 Å². The summed E-state index contributed by atoms with van der Waals surface area (Å²) in [6.45, 7) is 3.81. The van der Waals surface area contributed by atoms with Crippen molar-refractivity contribution in [1.29, 1.82) is 0 Å². The van der Waals surface area contributed by atoms with Crippen molar-refractivity contribution in [1.82, 2.24) is 25.9 Å². The van der Waals surface area contributed by atoms with Crippen molar-refractivity contribution in [3.8, 4) is 5.75 Å². The first-order chi connectivity index (χ1) is 9.69. The Kier molecular flexibility index (Phi) is 4.65. The maximum atomic E-state index is 11.7. The third kappa shape index (κ3) is 3.78. The number of nitrogens with zero attached hydrogens (tertiary/aromatic N) is 3. The van der Waals surface area contributed by atoms with Crippen LogP contribution in [0.3, 0.4) is 0 Å². The van der Waals surface area contributed by atoms with E-state index in [2.05, 4.69) is 32.9 Å². The number of aryl methyl sites for hydroxylation is 1. The molecule has 106 valence electrons. The summed E-state index contributed by atoms with van der Waals surface area (Å²) in [7, 11) is 0. The summed E-state index contributed by atoms with van der Waals surface area (Å²) in [5.74, 6) is 0.872. The van der Waals surface area contributed by atoms with E-state index in [1.165, 1.54) is 5.56 Å². The summed E-state index contributed by atoms with van der Waals surface area (Å²) >= 11 is 0. The van der Waals surface area contributed by atoms with Crippen LogP contribution in [0.15, 0.2) is 24.3 Å². The van der Waals surface area contributed by atoms with Gasteiger partial charge in [-0.15, -0.1) is 10.2 Å². The number of hydrogen-bond acceptors (Lipinski definition) is 5. The van der Waals surface area contributed by atoms with Gasteiger partial charge in [-0.2, -0.15) is 5.21 Å². The van der Waals surface area contributed by atoms with E-state index < -0.39 is 0 Å². The predicted octanol–water partition coefficient (Wildman–Crippen LogP) is 1.02. The van der Waals surface area contributed by atoms with E-state index in [9.17, 15) is 4.79 Å². The molecule has 1 unspecified atom stereocenters. The fraction of sp³-hybridized carbons (Fsp3) is 0.385. The number of ether oxygens (including phenoxy) is 1. The highest BCUT2D eigenvalue weighted by molar-refractivity contribution is 5.77. The summed E-state index contributed by atoms with van der Waals surface area (Å²) in [5, 5.41) is 16.1. The molecule has 0 radical (unpaired) electrons. The minimum Gasteiger partial charge on any atom is -0.484 e. The van der Waals surface area contributed by atoms with Gasteiger partial charge in [0.15, 0.2) is 12.4 Å². The van der Waals surface area contributed by atoms with Crippen molar-refractivity contribution < 1.29 is 9.53 Å². The Morgan fingerprint density at radius 1 is 1.40 bits per heavy atom. The molecule has 0 saturated heterocycles. The van der Waals surface area contributed by atoms with Gasteiger partial charge in [0.2, 0.25) is 0 Å². The van der Waals surface area contributed by atoms with Crippen LogP contribution in [0.25, 0.3) is 0 Å². The molecule has 1 atom stereocenters. The first-order valence-electron chi connectivity index (χ1n) is 6.43. The van der Waals surface area contributed by atoms with Crippen molar-refractivity contribution in [2.45, 2.75) is 26.3 Å². The van der Waals surface area contributed by atoms with Crippen LogP contribution in [-0.4, -0.2) is 33.1 Å². The maximum absolute atomic E-state index is 11.7. The van der Waals surface area contributed by atoms with Crippen LogP contribution in [0, 0.1) is 0 Å². The van der Waals surface area contributed by atoms with Crippen LogP contribution in [0.4, 0.5) is 0 Å². The number of tetrazole rings is 1. The molecule has 2 N–H and O–H groups in total. The number of benzene rings is 1. The summed E-state index contributed by atoms with van der Waals surface area (Å²) in [6.07, 6.45) is 0.975. The quantitative estimate of drug-likeness (QED) is 0.821. The maximum Gasteiger partial charge on any atom is 0.258 e. The topological polar surface area (TPSA) is 92.8 Å². The standard InChI is InChI=1S/C13H17N5O2/c1-3-10-4-6-11(7-5-10)20-8-12(19)14-9(2)13-15-17-18-16-13/h4-7,9H,3,8H2,1-2H3,(H,14,19)(H,15,16,17,18). The first kappa shape index (κ1) is 14.0. The molecule has 1 aromatic carbocycles. The third-order valence-corrected chi connectivity index (χ3v) is 2.83. The van der Waals surface area contributed by atoms with E-state index in [-0.39, 0.29) is 18.6 Å². The molecule has 0 aliphatic carbocycles. The molecule has 1 heterocycles. The lowest BCUT2D eigenvalue weighted by molar-refractivity contribution is -0.123. The molecule has 0 saturated carbocycles. The smallest absolute Gasteiger partial charge is 0.258 e. The molecule has 0 fully saturated rings. The highest BCUT2D eigenvalue weighted by atomic mass is 16.5. The number of carbonyl (C=O) groups excluding carboxylic acids is 1. The Hall–Kier alpha value is -2.44. The molecule has 1 aromatic heterocycles. The molecule has 0 aliphatic heterocycles. The first-order valence-corrected chi connectivity index (χ1v) is 6.43. The number of rotatable bonds is 6. The second-order valence-electron chi connectivity index (χ2n) is 4.35. The molecule has 20 heavy (non-hydrogen) atoms. The lowest BCUT2D eigenvalue weighted by Crippen LogP contribution is -2.31. The minimum atomic E-state index is -0.313. The number of aromatic nitrogens is 4. The van der Waals surface area contributed by atoms with E-state index in [1.807, 2.05) is 24.3 Å². The monoisotopic (exact) mass is 275 g/mol. The van der Waals surface area contributed by atoms with Gasteiger partial charge >= 0.3 is 0 Å². The van der Waals surface area contributed by atoms with E-state index in [0.29, 0.717) is 11.6 Å². The SMILES string of the molecule is CCc1ccc(OCC(=O)NC(C)c2nn[nH]n2)cc1. The average Bonchev–Trinajstić information content (AvgIpc) is 3.00. The molecule has 2 rings (SSSR count). The number of H-pyrrole nitrogens is 1. The van der Waals surface area contributed by atoms with Crippen LogP contribution >= 0.6 is 0 Å². The highest BCUT2D eigenvalue weighted by Crippen LogP contribution is 2.12. The average molecular weight is 275 g/mol. The van der Waals surface area contributed by atoms with Crippen molar-refractivity contribution in [3.05, 3.63) is 35.7 Å². The van der Waals surface area contributed by atoms with Crippen molar-refractivity contribution in [3.63, 3.8) is 0 Å². The van der Waals surface area contributed by atoms with Crippen LogP contribution in [0.5, 0.6) is 5.75 Å². The third-order valence-electron chi connectivity index (χ3n) is 2.83. The second-order valence-corrected chi connectivity index (χ2v) is 4.35. The Bertz CT molecular complexity index is 538. The Morgan fingerprint density at radius 3 is 2.75 bits per heavy atom. The van der Waals surface area contributed by atoms with Crippen LogP contribution in [0.2, 0.25) is 0 Å². The second kappa shape index (κ2) is 6.65. The fourth-order valence-electron chi connectivity index (χ4n) is 1.67. The lowest BCUT2D eigenvalue weighted by atomic mass is 10.2. The van der Waals surface area contributed by atoms with Crippen LogP contribution in [-0.2, 0) is 11.2 Å². The summed E-state index contributed by atoms with van der Waals surface area (Å²) in [4.78, 5) is 11.7. The van der Waals surface area contributed by atoms with E-state index in [0.717, 1.165) is 6.42 Å². The zero-order valence-corrected chi connectivity index (χ0v) is 11.5. The van der Waals surface area contributed by atoms with E-state index in [4.69, 9.17) is 4.74 Å². The lowest BCUT2D eigenvalue weighted by Gasteiger charge is -2.11. The number of aromatic amines is 1. The zero-order valence-electron chi connectivity index (χ0n) is 11.5. The van der Waals surface area contributed by atoms with Crippen molar-refractivity contribution >= 4 is 5.91 Å². The highest BCUT2D eigenvalue weighted by Gasteiger charge is 2.13. The number of carbonyl (C=O) groups is 1. The Labute approximate surface area is 116 Å². The Balaban J connectivity index is 1.79. The normalized spacial score (nSPS) is 11.9. The summed E-state index contributed by atoms with van der Waals surface area (Å²) < 4.78 is 5.41. The predicted molar refractivity (Wildman–Crippen MR) is 72.1 cm³/mol. The van der Waals surface area contributed by atoms with Gasteiger partial charge in [-0.1, -0.05) is 24.3 Å². The summed E-state index contributed by atoms with van der Waals surface area (Å²) in [6, 6.07) is 7.36. The minimum absolute atomic E-state index is 0.0480. The number of amides is 1. The van der Waals surface area contributed by atoms with Gasteiger partial charge in [-0.3, -0.25) is 4.79 Å². The molecule has 0 bridgehead atoms. The molecule has 7 heteroatoms. The zero-order chi connectivity index (χ0) is 14.4. The van der Waals surface area contributed by atoms with Crippen LogP contribution in [0.1, 0.15) is 31.3 Å². The van der Waals surface area contributed by atoms with Gasteiger partial charge in [0.1, 0.15) is 5.75 Å². The fourth-order valence-corrected chi connectivity index (χ4v) is 1.67. The Morgan fingerprint density at radius 2 is 2.15 bits per heavy atom. The van der Waals surface area contributed by atoms with Gasteiger partial charge in [-0.25, -0.2) is 0 Å². The molecule has 0 aliphatic rings. The summed E-state index contributed by atoms with van der Waals surface area (Å²) in [5.41, 5.74) is 1.23. The molecule has 7 nitrogen and oxygen atoms in total. The largest absolute Gasteiger partial charge is 0.484 e. The number of nitrogens with one attached hydrogen (secondary N) is 2. The van der Waals surface area contributed by atoms with Crippen LogP contribution < -0.4 is 10.1 Å². The number of hydrogen-bond donors (Lipinski definition) is 2. The van der Waals surface area contributed by atoms with Gasteiger partial charge < -0.3 is 10.1 Å². The van der Waals surface area contributed by atoms with Crippen molar-refractivity contribution in [2.24, 2.45) is 0 Å². The van der Waals surface area contributed by atoms with E-state index >= 15 is 0 Å². The van der Waals surface area contributed by atoms with E-state index in [1.54, 1.807) is 6.92 Å². The van der Waals surface area contributed by atoms with Gasteiger partial charge in [0.05, 0.1) is 6.04 Å². The van der Waals surface area contributed by atoms with Gasteiger partial charge in [-0.05, 0) is 31.0 Å². The molecular weight excluding hydrogens is 258 g/mol. The molecule has 1 amide bonds.